The maximum absolute atomic E-state index is 12.4. The average Bonchev–Trinajstić information content (AvgIpc) is 3.22. The van der Waals surface area contributed by atoms with Crippen LogP contribution in [0.25, 0.3) is 11.1 Å². The summed E-state index contributed by atoms with van der Waals surface area (Å²) in [7, 11) is 1.61. The van der Waals surface area contributed by atoms with E-state index in [0.717, 1.165) is 37.3 Å². The molecule has 0 saturated carbocycles. The van der Waals surface area contributed by atoms with E-state index in [1.165, 1.54) is 0 Å². The van der Waals surface area contributed by atoms with Gasteiger partial charge in [0, 0.05) is 12.6 Å². The Bertz CT molecular complexity index is 897. The second-order valence-electron chi connectivity index (χ2n) is 5.81. The van der Waals surface area contributed by atoms with Crippen molar-refractivity contribution in [3.63, 3.8) is 0 Å². The summed E-state index contributed by atoms with van der Waals surface area (Å²) >= 11 is 0. The number of carbonyl (C=O) groups is 1. The van der Waals surface area contributed by atoms with Gasteiger partial charge in [-0.2, -0.15) is 5.10 Å². The second-order valence-corrected chi connectivity index (χ2v) is 5.81. The lowest BCUT2D eigenvalue weighted by Crippen LogP contribution is -2.24. The number of amides is 1. The third kappa shape index (κ3) is 2.62. The van der Waals surface area contributed by atoms with Crippen molar-refractivity contribution >= 4 is 17.0 Å². The van der Waals surface area contributed by atoms with E-state index in [1.54, 1.807) is 25.4 Å². The fourth-order valence-electron chi connectivity index (χ4n) is 3.02. The molecule has 0 bridgehead atoms. The molecule has 1 N–H and O–H groups in total. The van der Waals surface area contributed by atoms with E-state index in [-0.39, 0.29) is 12.5 Å². The third-order valence-electron chi connectivity index (χ3n) is 4.27. The van der Waals surface area contributed by atoms with Crippen molar-refractivity contribution in [3.05, 3.63) is 41.5 Å². The molecule has 2 aromatic heterocycles. The first-order valence-electron chi connectivity index (χ1n) is 8.01. The number of nitrogens with zero attached hydrogens (tertiary/aromatic N) is 3. The van der Waals surface area contributed by atoms with Gasteiger partial charge >= 0.3 is 0 Å². The molecule has 3 aromatic rings. The van der Waals surface area contributed by atoms with Crippen LogP contribution in [0.15, 0.2) is 28.8 Å². The number of rotatable bonds is 4. The normalized spacial score (nSPS) is 13.7. The molecule has 1 aliphatic heterocycles. The van der Waals surface area contributed by atoms with E-state index in [2.05, 4.69) is 15.4 Å². The standard InChI is InChI=1S/C17H18N4O3/c1-23-11-5-6-15-13(8-11)20-16(24-15)10-18-17(22)12-9-19-21-7-3-2-4-14(12)21/h5-6,8-9H,2-4,7,10H2,1H3,(H,18,22). The number of hydrogen-bond donors (Lipinski definition) is 1. The van der Waals surface area contributed by atoms with Crippen molar-refractivity contribution in [2.45, 2.75) is 32.4 Å². The zero-order valence-electron chi connectivity index (χ0n) is 13.4. The molecule has 24 heavy (non-hydrogen) atoms. The molecule has 1 amide bonds. The Morgan fingerprint density at radius 3 is 3.21 bits per heavy atom. The molecule has 4 rings (SSSR count). The molecule has 3 heterocycles. The molecule has 124 valence electrons. The summed E-state index contributed by atoms with van der Waals surface area (Å²) in [6, 6.07) is 5.42. The van der Waals surface area contributed by atoms with Crippen LogP contribution in [-0.4, -0.2) is 27.8 Å². The molecule has 0 fully saturated rings. The summed E-state index contributed by atoms with van der Waals surface area (Å²) in [6.45, 7) is 1.12. The van der Waals surface area contributed by atoms with Crippen LogP contribution in [0.2, 0.25) is 0 Å². The Morgan fingerprint density at radius 1 is 1.42 bits per heavy atom. The maximum atomic E-state index is 12.4. The average molecular weight is 326 g/mol. The molecule has 1 aromatic carbocycles. The molecule has 1 aliphatic rings. The topological polar surface area (TPSA) is 82.2 Å². The van der Waals surface area contributed by atoms with Gasteiger partial charge in [-0.05, 0) is 31.4 Å². The highest BCUT2D eigenvalue weighted by Crippen LogP contribution is 2.21. The highest BCUT2D eigenvalue weighted by atomic mass is 16.5. The number of aryl methyl sites for hydroxylation is 1. The number of methoxy groups -OCH3 is 1. The van der Waals surface area contributed by atoms with Crippen molar-refractivity contribution in [1.82, 2.24) is 20.1 Å². The van der Waals surface area contributed by atoms with Gasteiger partial charge in [0.1, 0.15) is 11.3 Å². The summed E-state index contributed by atoms with van der Waals surface area (Å²) in [5, 5.41) is 7.15. The fraction of sp³-hybridized carbons (Fsp3) is 0.353. The van der Waals surface area contributed by atoms with Crippen LogP contribution in [0.1, 0.15) is 34.8 Å². The molecule has 0 radical (unpaired) electrons. The smallest absolute Gasteiger partial charge is 0.255 e. The largest absolute Gasteiger partial charge is 0.497 e. The zero-order valence-corrected chi connectivity index (χ0v) is 13.4. The zero-order chi connectivity index (χ0) is 16.5. The quantitative estimate of drug-likeness (QED) is 0.795. The van der Waals surface area contributed by atoms with E-state index >= 15 is 0 Å². The second kappa shape index (κ2) is 5.99. The first-order chi connectivity index (χ1) is 11.7. The van der Waals surface area contributed by atoms with Crippen LogP contribution >= 0.6 is 0 Å². The lowest BCUT2D eigenvalue weighted by Gasteiger charge is -2.14. The third-order valence-corrected chi connectivity index (χ3v) is 4.27. The van der Waals surface area contributed by atoms with Crippen LogP contribution in [0, 0.1) is 0 Å². The summed E-state index contributed by atoms with van der Waals surface area (Å²) < 4.78 is 12.7. The van der Waals surface area contributed by atoms with Crippen molar-refractivity contribution in [2.24, 2.45) is 0 Å². The first-order valence-corrected chi connectivity index (χ1v) is 8.01. The number of hydrogen-bond acceptors (Lipinski definition) is 5. The highest BCUT2D eigenvalue weighted by molar-refractivity contribution is 5.95. The fourth-order valence-corrected chi connectivity index (χ4v) is 3.02. The predicted molar refractivity (Wildman–Crippen MR) is 86.9 cm³/mol. The van der Waals surface area contributed by atoms with Gasteiger partial charge in [-0.3, -0.25) is 9.48 Å². The molecule has 0 unspecified atom stereocenters. The SMILES string of the molecule is COc1ccc2oc(CNC(=O)c3cnn4c3CCCC4)nc2c1. The molecular weight excluding hydrogens is 308 g/mol. The minimum atomic E-state index is -0.141. The van der Waals surface area contributed by atoms with Crippen LogP contribution in [0.3, 0.4) is 0 Å². The van der Waals surface area contributed by atoms with Crippen LogP contribution in [0.5, 0.6) is 5.75 Å². The number of ether oxygens (including phenoxy) is 1. The minimum Gasteiger partial charge on any atom is -0.497 e. The van der Waals surface area contributed by atoms with Crippen LogP contribution < -0.4 is 10.1 Å². The Labute approximate surface area is 138 Å². The van der Waals surface area contributed by atoms with Gasteiger partial charge in [-0.1, -0.05) is 0 Å². The van der Waals surface area contributed by atoms with E-state index in [0.29, 0.717) is 22.6 Å². The lowest BCUT2D eigenvalue weighted by atomic mass is 10.1. The first kappa shape index (κ1) is 14.7. The molecule has 0 saturated heterocycles. The monoisotopic (exact) mass is 326 g/mol. The van der Waals surface area contributed by atoms with Crippen molar-refractivity contribution in [3.8, 4) is 5.75 Å². The summed E-state index contributed by atoms with van der Waals surface area (Å²) in [6.07, 6.45) is 4.75. The molecule has 7 heteroatoms. The number of nitrogens with one attached hydrogen (secondary N) is 1. The number of carbonyl (C=O) groups excluding carboxylic acids is 1. The van der Waals surface area contributed by atoms with Gasteiger partial charge in [-0.25, -0.2) is 4.98 Å². The van der Waals surface area contributed by atoms with E-state index in [9.17, 15) is 4.79 Å². The number of aromatic nitrogens is 3. The lowest BCUT2D eigenvalue weighted by molar-refractivity contribution is 0.0946. The van der Waals surface area contributed by atoms with E-state index in [1.807, 2.05) is 10.7 Å². The van der Waals surface area contributed by atoms with E-state index in [4.69, 9.17) is 9.15 Å². The van der Waals surface area contributed by atoms with Gasteiger partial charge < -0.3 is 14.5 Å². The molecular formula is C17H18N4O3. The van der Waals surface area contributed by atoms with Crippen LogP contribution in [-0.2, 0) is 19.5 Å². The van der Waals surface area contributed by atoms with Crippen molar-refractivity contribution < 1.29 is 13.9 Å². The van der Waals surface area contributed by atoms with Crippen LogP contribution in [0.4, 0.5) is 0 Å². The number of oxazole rings is 1. The van der Waals surface area contributed by atoms with Gasteiger partial charge in [0.2, 0.25) is 5.89 Å². The molecule has 0 atom stereocenters. The molecule has 0 spiro atoms. The summed E-state index contributed by atoms with van der Waals surface area (Å²) in [5.74, 6) is 1.04. The van der Waals surface area contributed by atoms with Crippen molar-refractivity contribution in [2.75, 3.05) is 7.11 Å². The van der Waals surface area contributed by atoms with Gasteiger partial charge in [0.25, 0.3) is 5.91 Å². The number of benzene rings is 1. The minimum absolute atomic E-state index is 0.141. The Hall–Kier alpha value is -2.83. The Morgan fingerprint density at radius 2 is 2.33 bits per heavy atom. The molecule has 7 nitrogen and oxygen atoms in total. The number of fused-ring (bicyclic) bond motifs is 2. The van der Waals surface area contributed by atoms with Gasteiger partial charge in [0.15, 0.2) is 5.58 Å². The highest BCUT2D eigenvalue weighted by Gasteiger charge is 2.20. The maximum Gasteiger partial charge on any atom is 0.255 e. The predicted octanol–water partition coefficient (Wildman–Crippen LogP) is 2.30. The summed E-state index contributed by atoms with van der Waals surface area (Å²) in [4.78, 5) is 16.8. The van der Waals surface area contributed by atoms with Gasteiger partial charge in [-0.15, -0.1) is 0 Å². The molecule has 0 aliphatic carbocycles. The van der Waals surface area contributed by atoms with Gasteiger partial charge in [0.05, 0.1) is 31.1 Å². The van der Waals surface area contributed by atoms with E-state index < -0.39 is 0 Å². The summed E-state index contributed by atoms with van der Waals surface area (Å²) in [5.41, 5.74) is 3.04. The Balaban J connectivity index is 1.48. The van der Waals surface area contributed by atoms with Crippen molar-refractivity contribution in [1.29, 1.82) is 0 Å². The Kier molecular flexibility index (Phi) is 3.68.